The number of hydrogen-bond acceptors (Lipinski definition) is 3. The van der Waals surface area contributed by atoms with Crippen molar-refractivity contribution in [2.45, 2.75) is 6.92 Å². The Morgan fingerprint density at radius 1 is 1.28 bits per heavy atom. The van der Waals surface area contributed by atoms with E-state index in [1.165, 1.54) is 29.2 Å². The van der Waals surface area contributed by atoms with Crippen LogP contribution in [0.3, 0.4) is 0 Å². The van der Waals surface area contributed by atoms with Gasteiger partial charge in [0.05, 0.1) is 0 Å². The first-order valence-electron chi connectivity index (χ1n) is 5.36. The van der Waals surface area contributed by atoms with E-state index in [1.807, 2.05) is 0 Å². The minimum atomic E-state index is -1.09. The van der Waals surface area contributed by atoms with E-state index in [-0.39, 0.29) is 24.2 Å². The molecule has 3 N–H and O–H groups in total. The van der Waals surface area contributed by atoms with E-state index in [4.69, 9.17) is 10.8 Å². The summed E-state index contributed by atoms with van der Waals surface area (Å²) in [6.07, 6.45) is 0. The number of aliphatic carboxylic acids is 1. The molecule has 0 fully saturated rings. The first-order chi connectivity index (χ1) is 8.45. The predicted octanol–water partition coefficient (Wildman–Crippen LogP) is 0.332. The van der Waals surface area contributed by atoms with Gasteiger partial charge >= 0.3 is 5.97 Å². The van der Waals surface area contributed by atoms with E-state index in [9.17, 15) is 14.4 Å². The van der Waals surface area contributed by atoms with E-state index < -0.39 is 17.8 Å². The lowest BCUT2D eigenvalue weighted by Crippen LogP contribution is -2.35. The lowest BCUT2D eigenvalue weighted by molar-refractivity contribution is -0.137. The van der Waals surface area contributed by atoms with Crippen LogP contribution in [-0.4, -0.2) is 40.9 Å². The summed E-state index contributed by atoms with van der Waals surface area (Å²) in [6, 6.07) is 5.89. The van der Waals surface area contributed by atoms with Crippen LogP contribution in [0.25, 0.3) is 0 Å². The molecule has 1 rings (SSSR count). The topological polar surface area (TPSA) is 101 Å². The number of hydrogen-bond donors (Lipinski definition) is 2. The van der Waals surface area contributed by atoms with Crippen LogP contribution in [0.1, 0.15) is 27.6 Å². The van der Waals surface area contributed by atoms with E-state index in [1.54, 1.807) is 6.92 Å². The molecule has 0 unspecified atom stereocenters. The maximum atomic E-state index is 12.0. The molecule has 0 radical (unpaired) electrons. The van der Waals surface area contributed by atoms with Crippen LogP contribution < -0.4 is 5.73 Å². The van der Waals surface area contributed by atoms with Gasteiger partial charge in [0.15, 0.2) is 0 Å². The summed E-state index contributed by atoms with van der Waals surface area (Å²) in [7, 11) is 0. The van der Waals surface area contributed by atoms with Gasteiger partial charge in [-0.1, -0.05) is 6.07 Å². The van der Waals surface area contributed by atoms with Crippen molar-refractivity contribution in [3.8, 4) is 0 Å². The van der Waals surface area contributed by atoms with E-state index in [0.717, 1.165) is 0 Å². The number of carbonyl (C=O) groups is 3. The number of benzene rings is 1. The molecule has 0 aromatic heterocycles. The van der Waals surface area contributed by atoms with Gasteiger partial charge in [-0.05, 0) is 25.1 Å². The molecule has 0 spiro atoms. The van der Waals surface area contributed by atoms with E-state index >= 15 is 0 Å². The van der Waals surface area contributed by atoms with Crippen molar-refractivity contribution in [2.24, 2.45) is 5.73 Å². The fourth-order valence-electron chi connectivity index (χ4n) is 1.48. The van der Waals surface area contributed by atoms with Crippen LogP contribution in [0.15, 0.2) is 24.3 Å². The van der Waals surface area contributed by atoms with Gasteiger partial charge < -0.3 is 15.7 Å². The van der Waals surface area contributed by atoms with Crippen molar-refractivity contribution in [3.05, 3.63) is 35.4 Å². The molecule has 6 heteroatoms. The van der Waals surface area contributed by atoms with Crippen molar-refractivity contribution >= 4 is 17.8 Å². The minimum absolute atomic E-state index is 0.215. The smallest absolute Gasteiger partial charge is 0.323 e. The number of carbonyl (C=O) groups excluding carboxylic acids is 2. The number of carboxylic acid groups (broad SMARTS) is 1. The molecule has 96 valence electrons. The average molecular weight is 250 g/mol. The highest BCUT2D eigenvalue weighted by Crippen LogP contribution is 2.08. The number of primary amides is 1. The van der Waals surface area contributed by atoms with Gasteiger partial charge in [0.25, 0.3) is 5.91 Å². The van der Waals surface area contributed by atoms with Crippen molar-refractivity contribution < 1.29 is 19.5 Å². The standard InChI is InChI=1S/C12H14N2O4/c1-2-14(7-10(15)16)12(18)9-5-3-4-8(6-9)11(13)17/h3-6H,2,7H2,1H3,(H2,13,17)(H,15,16). The molecular weight excluding hydrogens is 236 g/mol. The van der Waals surface area contributed by atoms with Gasteiger partial charge in [0, 0.05) is 17.7 Å². The van der Waals surface area contributed by atoms with Crippen molar-refractivity contribution in [2.75, 3.05) is 13.1 Å². The molecule has 1 aromatic carbocycles. The van der Waals surface area contributed by atoms with Gasteiger partial charge in [-0.3, -0.25) is 14.4 Å². The Balaban J connectivity index is 2.98. The number of amides is 2. The first kappa shape index (κ1) is 13.7. The Labute approximate surface area is 104 Å². The molecule has 0 aliphatic rings. The van der Waals surface area contributed by atoms with Crippen LogP contribution >= 0.6 is 0 Å². The zero-order chi connectivity index (χ0) is 13.7. The second kappa shape index (κ2) is 5.81. The Kier molecular flexibility index (Phi) is 4.42. The molecule has 0 aliphatic carbocycles. The Hall–Kier alpha value is -2.37. The molecule has 18 heavy (non-hydrogen) atoms. The second-order valence-corrected chi connectivity index (χ2v) is 3.66. The van der Waals surface area contributed by atoms with Crippen LogP contribution in [0, 0.1) is 0 Å². The average Bonchev–Trinajstić information content (AvgIpc) is 2.35. The van der Waals surface area contributed by atoms with Crippen molar-refractivity contribution in [3.63, 3.8) is 0 Å². The third kappa shape index (κ3) is 3.31. The zero-order valence-corrected chi connectivity index (χ0v) is 9.92. The van der Waals surface area contributed by atoms with E-state index in [0.29, 0.717) is 0 Å². The third-order valence-electron chi connectivity index (χ3n) is 2.39. The maximum absolute atomic E-state index is 12.0. The summed E-state index contributed by atoms with van der Waals surface area (Å²) in [5.74, 6) is -2.16. The monoisotopic (exact) mass is 250 g/mol. The first-order valence-corrected chi connectivity index (χ1v) is 5.36. The van der Waals surface area contributed by atoms with Gasteiger partial charge in [-0.2, -0.15) is 0 Å². The molecule has 0 aliphatic heterocycles. The lowest BCUT2D eigenvalue weighted by atomic mass is 10.1. The number of carboxylic acids is 1. The van der Waals surface area contributed by atoms with Gasteiger partial charge in [0.2, 0.25) is 5.91 Å². The molecule has 0 atom stereocenters. The quantitative estimate of drug-likeness (QED) is 0.786. The Morgan fingerprint density at radius 3 is 2.39 bits per heavy atom. The molecule has 0 heterocycles. The summed E-state index contributed by atoms with van der Waals surface area (Å²) in [6.45, 7) is 1.57. The fourth-order valence-corrected chi connectivity index (χ4v) is 1.48. The number of likely N-dealkylation sites (N-methyl/N-ethyl adjacent to an activating group) is 1. The molecule has 0 saturated carbocycles. The summed E-state index contributed by atoms with van der Waals surface area (Å²) in [5, 5.41) is 8.69. The van der Waals surface area contributed by atoms with Crippen molar-refractivity contribution in [1.82, 2.24) is 4.90 Å². The third-order valence-corrected chi connectivity index (χ3v) is 2.39. The molecule has 2 amide bonds. The van der Waals surface area contributed by atoms with Crippen molar-refractivity contribution in [1.29, 1.82) is 0 Å². The summed E-state index contributed by atoms with van der Waals surface area (Å²) in [4.78, 5) is 34.8. The Bertz CT molecular complexity index is 485. The Morgan fingerprint density at radius 2 is 1.89 bits per heavy atom. The maximum Gasteiger partial charge on any atom is 0.323 e. The largest absolute Gasteiger partial charge is 0.480 e. The molecule has 0 saturated heterocycles. The zero-order valence-electron chi connectivity index (χ0n) is 9.92. The summed E-state index contributed by atoms with van der Waals surface area (Å²) < 4.78 is 0. The summed E-state index contributed by atoms with van der Waals surface area (Å²) in [5.41, 5.74) is 5.57. The number of nitrogens with two attached hydrogens (primary N) is 1. The van der Waals surface area contributed by atoms with Gasteiger partial charge in [-0.25, -0.2) is 0 Å². The minimum Gasteiger partial charge on any atom is -0.480 e. The SMILES string of the molecule is CCN(CC(=O)O)C(=O)c1cccc(C(N)=O)c1. The lowest BCUT2D eigenvalue weighted by Gasteiger charge is -2.18. The highest BCUT2D eigenvalue weighted by molar-refractivity contribution is 5.99. The molecule has 6 nitrogen and oxygen atoms in total. The molecule has 1 aromatic rings. The van der Waals surface area contributed by atoms with Gasteiger partial charge in [-0.15, -0.1) is 0 Å². The van der Waals surface area contributed by atoms with Crippen LogP contribution in [0.2, 0.25) is 0 Å². The molecule has 0 bridgehead atoms. The van der Waals surface area contributed by atoms with E-state index in [2.05, 4.69) is 0 Å². The number of rotatable bonds is 5. The number of nitrogens with zero attached hydrogens (tertiary/aromatic N) is 1. The fraction of sp³-hybridized carbons (Fsp3) is 0.250. The highest BCUT2D eigenvalue weighted by Gasteiger charge is 2.17. The molecular formula is C12H14N2O4. The summed E-state index contributed by atoms with van der Waals surface area (Å²) >= 11 is 0. The predicted molar refractivity (Wildman–Crippen MR) is 64.2 cm³/mol. The van der Waals surface area contributed by atoms with Crippen LogP contribution in [0.4, 0.5) is 0 Å². The van der Waals surface area contributed by atoms with Gasteiger partial charge in [0.1, 0.15) is 6.54 Å². The van der Waals surface area contributed by atoms with Crippen LogP contribution in [0.5, 0.6) is 0 Å². The normalized spacial score (nSPS) is 9.83. The highest BCUT2D eigenvalue weighted by atomic mass is 16.4. The van der Waals surface area contributed by atoms with Crippen LogP contribution in [-0.2, 0) is 4.79 Å². The second-order valence-electron chi connectivity index (χ2n) is 3.66.